The zero-order chi connectivity index (χ0) is 24.9. The molecule has 0 amide bonds. The van der Waals surface area contributed by atoms with Gasteiger partial charge in [-0.15, -0.1) is 0 Å². The summed E-state index contributed by atoms with van der Waals surface area (Å²) in [6.07, 6.45) is 0.355. The van der Waals surface area contributed by atoms with Crippen LogP contribution in [0.4, 0.5) is 0 Å². The number of hydrazone groups is 1. The maximum Gasteiger partial charge on any atom is 0.214 e. The van der Waals surface area contributed by atoms with Crippen LogP contribution in [0.15, 0.2) is 101 Å². The molecule has 7 rings (SSSR count). The number of aryl methyl sites for hydroxylation is 1. The highest BCUT2D eigenvalue weighted by Crippen LogP contribution is 2.51. The summed E-state index contributed by atoms with van der Waals surface area (Å²) in [6, 6.07) is 30.9. The first-order valence-corrected chi connectivity index (χ1v) is 12.4. The maximum atomic E-state index is 6.67. The van der Waals surface area contributed by atoms with Crippen LogP contribution in [0.2, 0.25) is 0 Å². The summed E-state index contributed by atoms with van der Waals surface area (Å²) >= 11 is 0. The van der Waals surface area contributed by atoms with E-state index in [1.807, 2.05) is 42.5 Å². The lowest BCUT2D eigenvalue weighted by atomic mass is 9.95. The normalized spacial score (nSPS) is 18.2. The standard InChI is InChI=1S/C31H25N3O3/c1-19-11-13-21(14-12-19)29-24-17-22(15-16-25(24)33-37-29)31-34-27(18-26(32-34)20-7-4-3-5-8-20)23-9-6-10-28(35-2)30(23)36-31/h3-17,27,31H,18H2,1-2H3/t27-,31+/m1/s1. The van der Waals surface area contributed by atoms with Gasteiger partial charge in [0.2, 0.25) is 6.23 Å². The first kappa shape index (κ1) is 21.7. The van der Waals surface area contributed by atoms with Crippen molar-refractivity contribution < 1.29 is 14.0 Å². The third kappa shape index (κ3) is 3.56. The van der Waals surface area contributed by atoms with Crippen LogP contribution < -0.4 is 9.47 Å². The van der Waals surface area contributed by atoms with Gasteiger partial charge in [-0.2, -0.15) is 5.10 Å². The second kappa shape index (κ2) is 8.52. The fraction of sp³-hybridized carbons (Fsp3) is 0.161. The van der Waals surface area contributed by atoms with Crippen LogP contribution in [0.3, 0.4) is 0 Å². The van der Waals surface area contributed by atoms with Crippen molar-refractivity contribution >= 4 is 16.6 Å². The average molecular weight is 488 g/mol. The van der Waals surface area contributed by atoms with Crippen LogP contribution in [-0.2, 0) is 0 Å². The summed E-state index contributed by atoms with van der Waals surface area (Å²) in [5.41, 5.74) is 7.21. The predicted molar refractivity (Wildman–Crippen MR) is 143 cm³/mol. The van der Waals surface area contributed by atoms with Crippen LogP contribution in [0.25, 0.3) is 22.2 Å². The van der Waals surface area contributed by atoms with Crippen molar-refractivity contribution in [2.24, 2.45) is 5.10 Å². The molecule has 2 aliphatic rings. The Morgan fingerprint density at radius 3 is 2.54 bits per heavy atom. The first-order valence-electron chi connectivity index (χ1n) is 12.4. The lowest BCUT2D eigenvalue weighted by Crippen LogP contribution is -2.33. The lowest BCUT2D eigenvalue weighted by molar-refractivity contribution is -0.0208. The number of benzene rings is 4. The Hall–Kier alpha value is -4.58. The van der Waals surface area contributed by atoms with Crippen molar-refractivity contribution in [1.82, 2.24) is 10.2 Å². The van der Waals surface area contributed by atoms with E-state index in [2.05, 4.69) is 65.6 Å². The number of para-hydroxylation sites is 1. The molecule has 182 valence electrons. The van der Waals surface area contributed by atoms with Crippen LogP contribution in [-0.4, -0.2) is 23.0 Å². The summed E-state index contributed by atoms with van der Waals surface area (Å²) in [5, 5.41) is 12.4. The van der Waals surface area contributed by atoms with Crippen LogP contribution >= 0.6 is 0 Å². The molecule has 2 aliphatic heterocycles. The Labute approximate surface area is 214 Å². The summed E-state index contributed by atoms with van der Waals surface area (Å²) in [5.74, 6) is 2.24. The van der Waals surface area contributed by atoms with Gasteiger partial charge in [0.05, 0.1) is 24.2 Å². The van der Waals surface area contributed by atoms with Crippen molar-refractivity contribution in [3.8, 4) is 22.8 Å². The molecular formula is C31H25N3O3. The fourth-order valence-electron chi connectivity index (χ4n) is 5.30. The molecule has 0 radical (unpaired) electrons. The van der Waals surface area contributed by atoms with Crippen molar-refractivity contribution in [1.29, 1.82) is 0 Å². The highest BCUT2D eigenvalue weighted by molar-refractivity contribution is 6.02. The zero-order valence-corrected chi connectivity index (χ0v) is 20.6. The van der Waals surface area contributed by atoms with Crippen LogP contribution in [0.1, 0.15) is 40.9 Å². The highest BCUT2D eigenvalue weighted by Gasteiger charge is 2.42. The number of rotatable bonds is 4. The molecule has 4 aromatic carbocycles. The van der Waals surface area contributed by atoms with Gasteiger partial charge in [0.15, 0.2) is 17.3 Å². The van der Waals surface area contributed by atoms with Gasteiger partial charge >= 0.3 is 0 Å². The van der Waals surface area contributed by atoms with Crippen molar-refractivity contribution in [2.75, 3.05) is 7.11 Å². The molecule has 3 heterocycles. The highest BCUT2D eigenvalue weighted by atomic mass is 16.5. The summed E-state index contributed by atoms with van der Waals surface area (Å²) in [7, 11) is 1.68. The van der Waals surface area contributed by atoms with E-state index in [0.29, 0.717) is 0 Å². The molecule has 1 aromatic heterocycles. The van der Waals surface area contributed by atoms with E-state index in [-0.39, 0.29) is 6.04 Å². The van der Waals surface area contributed by atoms with Gasteiger partial charge in [-0.3, -0.25) is 0 Å². The third-order valence-electron chi connectivity index (χ3n) is 7.21. The van der Waals surface area contributed by atoms with E-state index in [1.165, 1.54) is 5.56 Å². The van der Waals surface area contributed by atoms with E-state index in [1.54, 1.807) is 7.11 Å². The smallest absolute Gasteiger partial charge is 0.214 e. The third-order valence-corrected chi connectivity index (χ3v) is 7.21. The summed E-state index contributed by atoms with van der Waals surface area (Å²) in [6.45, 7) is 2.07. The summed E-state index contributed by atoms with van der Waals surface area (Å²) < 4.78 is 18.1. The van der Waals surface area contributed by atoms with E-state index in [9.17, 15) is 0 Å². The zero-order valence-electron chi connectivity index (χ0n) is 20.6. The van der Waals surface area contributed by atoms with Gasteiger partial charge in [-0.05, 0) is 30.7 Å². The Morgan fingerprint density at radius 2 is 1.73 bits per heavy atom. The lowest BCUT2D eigenvalue weighted by Gasteiger charge is -2.38. The number of hydrogen-bond acceptors (Lipinski definition) is 6. The molecule has 6 heteroatoms. The first-order chi connectivity index (χ1) is 18.2. The summed E-state index contributed by atoms with van der Waals surface area (Å²) in [4.78, 5) is 0. The van der Waals surface area contributed by atoms with Gasteiger partial charge in [0.25, 0.3) is 0 Å². The number of ether oxygens (including phenoxy) is 2. The average Bonchev–Trinajstić information content (AvgIpc) is 3.58. The minimum atomic E-state index is -0.430. The Morgan fingerprint density at radius 1 is 0.892 bits per heavy atom. The fourth-order valence-corrected chi connectivity index (χ4v) is 5.30. The van der Waals surface area contributed by atoms with Crippen molar-refractivity contribution in [3.63, 3.8) is 0 Å². The molecule has 0 N–H and O–H groups in total. The van der Waals surface area contributed by atoms with E-state index < -0.39 is 6.23 Å². The molecule has 0 fully saturated rings. The number of nitrogens with zero attached hydrogens (tertiary/aromatic N) is 3. The number of fused-ring (bicyclic) bond motifs is 4. The van der Waals surface area contributed by atoms with Crippen LogP contribution in [0, 0.1) is 6.92 Å². The maximum absolute atomic E-state index is 6.67. The Bertz CT molecular complexity index is 1640. The molecule has 6 nitrogen and oxygen atoms in total. The topological polar surface area (TPSA) is 60.1 Å². The molecule has 2 atom stereocenters. The molecular weight excluding hydrogens is 462 g/mol. The second-order valence-corrected chi connectivity index (χ2v) is 9.52. The van der Waals surface area contributed by atoms with Gasteiger partial charge < -0.3 is 14.0 Å². The Balaban J connectivity index is 1.36. The molecule has 0 spiro atoms. The quantitative estimate of drug-likeness (QED) is 0.272. The van der Waals surface area contributed by atoms with E-state index in [0.717, 1.165) is 62.5 Å². The number of hydrogen-bond donors (Lipinski definition) is 0. The van der Waals surface area contributed by atoms with Crippen molar-refractivity contribution in [2.45, 2.75) is 25.6 Å². The van der Waals surface area contributed by atoms with Crippen molar-refractivity contribution in [3.05, 3.63) is 113 Å². The van der Waals surface area contributed by atoms with E-state index in [4.69, 9.17) is 19.1 Å². The molecule has 0 bridgehead atoms. The molecule has 0 unspecified atom stereocenters. The van der Waals surface area contributed by atoms with Gasteiger partial charge in [0.1, 0.15) is 5.52 Å². The molecule has 0 saturated heterocycles. The molecule has 0 saturated carbocycles. The largest absolute Gasteiger partial charge is 0.493 e. The number of aromatic nitrogens is 1. The molecule has 37 heavy (non-hydrogen) atoms. The van der Waals surface area contributed by atoms with Gasteiger partial charge in [0, 0.05) is 23.1 Å². The second-order valence-electron chi connectivity index (χ2n) is 9.52. The predicted octanol–water partition coefficient (Wildman–Crippen LogP) is 7.05. The van der Waals surface area contributed by atoms with Crippen LogP contribution in [0.5, 0.6) is 11.5 Å². The van der Waals surface area contributed by atoms with Gasteiger partial charge in [-0.25, -0.2) is 5.01 Å². The minimum Gasteiger partial charge on any atom is -0.493 e. The Kier molecular flexibility index (Phi) is 4.99. The molecule has 5 aromatic rings. The SMILES string of the molecule is COc1cccc2c1O[C@@H](c1ccc3noc(-c4ccc(C)cc4)c3c1)N1N=C(c3ccccc3)C[C@H]21. The monoisotopic (exact) mass is 487 g/mol. The minimum absolute atomic E-state index is 0.0359. The number of methoxy groups -OCH3 is 1. The van der Waals surface area contributed by atoms with Gasteiger partial charge in [-0.1, -0.05) is 83.5 Å². The van der Waals surface area contributed by atoms with E-state index >= 15 is 0 Å². The molecule has 0 aliphatic carbocycles.